The van der Waals surface area contributed by atoms with Gasteiger partial charge in [0.05, 0.1) is 43.0 Å². The van der Waals surface area contributed by atoms with Gasteiger partial charge in [-0.3, -0.25) is 9.59 Å². The first-order valence-corrected chi connectivity index (χ1v) is 20.7. The molecule has 0 aliphatic carbocycles. The van der Waals surface area contributed by atoms with Crippen molar-refractivity contribution in [3.63, 3.8) is 0 Å². The Kier molecular flexibility index (Phi) is 11.6. The third kappa shape index (κ3) is 8.56. The zero-order chi connectivity index (χ0) is 42.8. The second-order valence-electron chi connectivity index (χ2n) is 16.3. The molecule has 0 spiro atoms. The number of carbonyl (C=O) groups excluding carboxylic acids is 3. The first-order chi connectivity index (χ1) is 29.5. The summed E-state index contributed by atoms with van der Waals surface area (Å²) in [6, 6.07) is 26.3. The number of rotatable bonds is 11. The predicted octanol–water partition coefficient (Wildman–Crippen LogP) is 8.31. The maximum Gasteiger partial charge on any atom is 0.407 e. The van der Waals surface area contributed by atoms with Gasteiger partial charge in [0.1, 0.15) is 23.7 Å². The second kappa shape index (κ2) is 17.3. The summed E-state index contributed by atoms with van der Waals surface area (Å²) in [5.41, 5.74) is 7.45. The molecular formula is C47H50N8O6. The smallest absolute Gasteiger partial charge is 0.407 e. The Morgan fingerprint density at radius 2 is 1.28 bits per heavy atom. The highest BCUT2D eigenvalue weighted by Crippen LogP contribution is 2.36. The van der Waals surface area contributed by atoms with Gasteiger partial charge in [-0.25, -0.2) is 19.6 Å². The summed E-state index contributed by atoms with van der Waals surface area (Å²) in [5.74, 6) is 0.762. The number of carbonyl (C=O) groups is 4. The first kappa shape index (κ1) is 40.8. The number of ether oxygens (including phenoxy) is 1. The van der Waals surface area contributed by atoms with E-state index in [4.69, 9.17) is 9.72 Å². The number of aromatic nitrogens is 4. The van der Waals surface area contributed by atoms with Crippen molar-refractivity contribution in [2.24, 2.45) is 5.92 Å². The molecule has 61 heavy (non-hydrogen) atoms. The topological polar surface area (TPSA) is 186 Å². The van der Waals surface area contributed by atoms with E-state index in [-0.39, 0.29) is 29.8 Å². The number of alkyl carbamates (subject to hydrolysis) is 1. The third-order valence-corrected chi connectivity index (χ3v) is 11.9. The highest BCUT2D eigenvalue weighted by Gasteiger charge is 2.38. The van der Waals surface area contributed by atoms with E-state index in [0.29, 0.717) is 30.3 Å². The molecule has 2 aliphatic heterocycles. The molecule has 4 heterocycles. The van der Waals surface area contributed by atoms with E-state index < -0.39 is 24.3 Å². The fourth-order valence-electron chi connectivity index (χ4n) is 8.68. The summed E-state index contributed by atoms with van der Waals surface area (Å²) in [4.78, 5) is 71.0. The van der Waals surface area contributed by atoms with Crippen LogP contribution in [0.2, 0.25) is 0 Å². The largest absolute Gasteiger partial charge is 0.465 e. The Morgan fingerprint density at radius 1 is 0.721 bits per heavy atom. The number of aryl methyl sites for hydroxylation is 1. The number of nitrogens with zero attached hydrogens (tertiary/aromatic N) is 4. The van der Waals surface area contributed by atoms with Crippen molar-refractivity contribution in [1.29, 1.82) is 0 Å². The van der Waals surface area contributed by atoms with Gasteiger partial charge in [0.25, 0.3) is 5.91 Å². The van der Waals surface area contributed by atoms with Gasteiger partial charge in [-0.2, -0.15) is 0 Å². The van der Waals surface area contributed by atoms with E-state index in [0.717, 1.165) is 75.7 Å². The standard InChI is InChI=1S/C47H50N8O6/c1-27(2)40(52-46(58)59)44(56)54-20-6-10-38(54)43-49-26-37(51-43)34-19-18-32-23-31(16-17-33(32)24-34)29-12-14-30(15-13-29)36-25-48-42(50-36)39-11-7-21-55(39)45(57)41(53-47(60)61-4)35-9-5-8-28(3)22-35/h5,8-9,12-19,22-27,38-41,52H,6-7,10-11,20-21H2,1-4H3,(H,48,50)(H,49,51)(H,53,60)(H,58,59). The van der Waals surface area contributed by atoms with Gasteiger partial charge in [-0.15, -0.1) is 0 Å². The summed E-state index contributed by atoms with van der Waals surface area (Å²) < 4.78 is 4.86. The minimum Gasteiger partial charge on any atom is -0.465 e. The lowest BCUT2D eigenvalue weighted by Gasteiger charge is -2.29. The number of amides is 4. The van der Waals surface area contributed by atoms with Crippen LogP contribution in [0.5, 0.6) is 0 Å². The Bertz CT molecular complexity index is 2580. The number of fused-ring (bicyclic) bond motifs is 1. The molecule has 14 heteroatoms. The molecule has 0 bridgehead atoms. The van der Waals surface area contributed by atoms with Crippen molar-refractivity contribution >= 4 is 34.8 Å². The van der Waals surface area contributed by atoms with E-state index in [1.165, 1.54) is 7.11 Å². The molecule has 6 aromatic rings. The number of hydrogen-bond donors (Lipinski definition) is 5. The van der Waals surface area contributed by atoms with Crippen LogP contribution in [-0.2, 0) is 14.3 Å². The molecule has 4 aromatic carbocycles. The lowest BCUT2D eigenvalue weighted by molar-refractivity contribution is -0.135. The van der Waals surface area contributed by atoms with Crippen molar-refractivity contribution in [1.82, 2.24) is 40.4 Å². The number of methoxy groups -OCH3 is 1. The number of likely N-dealkylation sites (tertiary alicyclic amines) is 2. The molecule has 8 rings (SSSR count). The van der Waals surface area contributed by atoms with Crippen molar-refractivity contribution < 1.29 is 29.0 Å². The molecule has 4 amide bonds. The molecule has 2 aliphatic rings. The van der Waals surface area contributed by atoms with E-state index in [2.05, 4.69) is 86.2 Å². The lowest BCUT2D eigenvalue weighted by Crippen LogP contribution is -2.50. The molecule has 2 aromatic heterocycles. The summed E-state index contributed by atoms with van der Waals surface area (Å²) in [6.07, 6.45) is 4.84. The van der Waals surface area contributed by atoms with Crippen LogP contribution in [-0.4, -0.2) is 85.1 Å². The lowest BCUT2D eigenvalue weighted by atomic mass is 9.98. The average Bonchev–Trinajstić information content (AvgIpc) is 4.11. The molecular weight excluding hydrogens is 773 g/mol. The Balaban J connectivity index is 0.947. The van der Waals surface area contributed by atoms with Crippen LogP contribution < -0.4 is 10.6 Å². The van der Waals surface area contributed by atoms with Crippen LogP contribution in [0.25, 0.3) is 44.4 Å². The zero-order valence-electron chi connectivity index (χ0n) is 34.6. The zero-order valence-corrected chi connectivity index (χ0v) is 34.6. The summed E-state index contributed by atoms with van der Waals surface area (Å²) in [5, 5.41) is 16.6. The predicted molar refractivity (Wildman–Crippen MR) is 231 cm³/mol. The Morgan fingerprint density at radius 3 is 1.87 bits per heavy atom. The Labute approximate surface area is 353 Å². The number of hydrogen-bond acceptors (Lipinski definition) is 7. The Hall–Kier alpha value is -6.96. The van der Waals surface area contributed by atoms with Gasteiger partial charge < -0.3 is 40.2 Å². The van der Waals surface area contributed by atoms with Crippen LogP contribution in [0, 0.1) is 12.8 Å². The van der Waals surface area contributed by atoms with Crippen LogP contribution in [0.1, 0.15) is 80.4 Å². The molecule has 4 unspecified atom stereocenters. The number of carboxylic acid groups (broad SMARTS) is 1. The highest BCUT2D eigenvalue weighted by atomic mass is 16.5. The molecule has 314 valence electrons. The number of H-pyrrole nitrogens is 2. The van der Waals surface area contributed by atoms with Crippen molar-refractivity contribution in [3.05, 3.63) is 120 Å². The van der Waals surface area contributed by atoms with Gasteiger partial charge >= 0.3 is 12.2 Å². The maximum absolute atomic E-state index is 14.0. The third-order valence-electron chi connectivity index (χ3n) is 11.9. The molecule has 5 N–H and O–H groups in total. The number of imidazole rings is 2. The maximum atomic E-state index is 14.0. The SMILES string of the molecule is COC(=O)NC(C(=O)N1CCCC1c1ncc(-c2ccc(-c3ccc4cc(-c5cnc(C6CCCN6C(=O)C(NC(=O)O)C(C)C)[nH]5)ccc4c3)cc2)[nH]1)c1cccc(C)c1. The summed E-state index contributed by atoms with van der Waals surface area (Å²) >= 11 is 0. The van der Waals surface area contributed by atoms with E-state index >= 15 is 0 Å². The van der Waals surface area contributed by atoms with Crippen molar-refractivity contribution in [2.75, 3.05) is 20.2 Å². The number of nitrogens with one attached hydrogen (secondary N) is 4. The first-order valence-electron chi connectivity index (χ1n) is 20.7. The van der Waals surface area contributed by atoms with Gasteiger partial charge in [0, 0.05) is 18.7 Å². The molecule has 14 nitrogen and oxygen atoms in total. The summed E-state index contributed by atoms with van der Waals surface area (Å²) in [6.45, 7) is 6.72. The molecule has 0 radical (unpaired) electrons. The minimum absolute atomic E-state index is 0.190. The average molecular weight is 823 g/mol. The summed E-state index contributed by atoms with van der Waals surface area (Å²) in [7, 11) is 1.28. The fraction of sp³-hybridized carbons (Fsp3) is 0.319. The molecule has 2 fully saturated rings. The molecule has 2 saturated heterocycles. The van der Waals surface area contributed by atoms with Crippen LogP contribution >= 0.6 is 0 Å². The van der Waals surface area contributed by atoms with Crippen LogP contribution in [0.15, 0.2) is 97.3 Å². The van der Waals surface area contributed by atoms with Crippen molar-refractivity contribution in [3.8, 4) is 33.6 Å². The van der Waals surface area contributed by atoms with Crippen LogP contribution in [0.3, 0.4) is 0 Å². The molecule has 0 saturated carbocycles. The van der Waals surface area contributed by atoms with Gasteiger partial charge in [0.2, 0.25) is 5.91 Å². The van der Waals surface area contributed by atoms with Gasteiger partial charge in [0.15, 0.2) is 0 Å². The second-order valence-corrected chi connectivity index (χ2v) is 16.3. The molecule has 4 atom stereocenters. The van der Waals surface area contributed by atoms with E-state index in [1.807, 2.05) is 45.0 Å². The number of aromatic amines is 2. The van der Waals surface area contributed by atoms with Gasteiger partial charge in [-0.1, -0.05) is 92.2 Å². The van der Waals surface area contributed by atoms with E-state index in [9.17, 15) is 24.3 Å². The van der Waals surface area contributed by atoms with Crippen LogP contribution in [0.4, 0.5) is 9.59 Å². The highest BCUT2D eigenvalue weighted by molar-refractivity contribution is 5.91. The van der Waals surface area contributed by atoms with E-state index in [1.54, 1.807) is 22.2 Å². The number of benzene rings is 4. The quantitative estimate of drug-likeness (QED) is 0.0864. The van der Waals surface area contributed by atoms with Crippen molar-refractivity contribution in [2.45, 2.75) is 70.6 Å². The normalized spacial score (nSPS) is 17.4. The van der Waals surface area contributed by atoms with Gasteiger partial charge in [-0.05, 0) is 83.7 Å². The monoisotopic (exact) mass is 822 g/mol. The minimum atomic E-state index is -1.21. The fourth-order valence-corrected chi connectivity index (χ4v) is 8.68.